The zero-order chi connectivity index (χ0) is 6.41. The third-order valence-corrected chi connectivity index (χ3v) is 0.717. The highest BCUT2D eigenvalue weighted by Crippen LogP contribution is 1.84. The van der Waals surface area contributed by atoms with E-state index in [0.29, 0.717) is 6.42 Å². The molecule has 0 aromatic heterocycles. The number of hydrogen-bond acceptors (Lipinski definition) is 3. The predicted molar refractivity (Wildman–Crippen MR) is 29.8 cm³/mol. The summed E-state index contributed by atoms with van der Waals surface area (Å²) in [5.74, 6) is 0. The zero-order valence-electron chi connectivity index (χ0n) is 5.14. The summed E-state index contributed by atoms with van der Waals surface area (Å²) in [5.41, 5.74) is 2.62. The first-order valence-corrected chi connectivity index (χ1v) is 2.46. The van der Waals surface area contributed by atoms with Crippen molar-refractivity contribution in [1.29, 1.82) is 5.26 Å². The number of nitrogens with zero attached hydrogens (tertiary/aromatic N) is 1. The van der Waals surface area contributed by atoms with Crippen LogP contribution < -0.4 is 5.48 Å². The largest absolute Gasteiger partial charge is 0.305 e. The first-order valence-electron chi connectivity index (χ1n) is 2.46. The number of hydroxylamine groups is 1. The average Bonchev–Trinajstić information content (AvgIpc) is 1.68. The lowest BCUT2D eigenvalue weighted by Gasteiger charge is -2.04. The highest BCUT2D eigenvalue weighted by Gasteiger charge is 1.95. The summed E-state index contributed by atoms with van der Waals surface area (Å²) in [4.78, 5) is 4.56. The fourth-order valence-corrected chi connectivity index (χ4v) is 0.380. The van der Waals surface area contributed by atoms with Crippen LogP contribution in [-0.4, -0.2) is 13.2 Å². The summed E-state index contributed by atoms with van der Waals surface area (Å²) in [7, 11) is 1.54. The van der Waals surface area contributed by atoms with E-state index in [1.165, 1.54) is 7.11 Å². The fraction of sp³-hybridized carbons (Fsp3) is 0.800. The minimum atomic E-state index is 0.130. The molecule has 1 atom stereocenters. The third kappa shape index (κ3) is 3.59. The van der Waals surface area contributed by atoms with Gasteiger partial charge in [-0.2, -0.15) is 10.7 Å². The molecule has 3 nitrogen and oxygen atoms in total. The molecule has 0 spiro atoms. The second-order valence-corrected chi connectivity index (χ2v) is 1.59. The number of nitriles is 1. The van der Waals surface area contributed by atoms with Gasteiger partial charge < -0.3 is 4.84 Å². The molecule has 0 saturated heterocycles. The maximum Gasteiger partial charge on any atom is 0.0638 e. The van der Waals surface area contributed by atoms with Gasteiger partial charge in [0.05, 0.1) is 19.6 Å². The third-order valence-electron chi connectivity index (χ3n) is 0.717. The van der Waals surface area contributed by atoms with Gasteiger partial charge in [-0.15, -0.1) is 0 Å². The minimum Gasteiger partial charge on any atom is -0.305 e. The van der Waals surface area contributed by atoms with E-state index in [4.69, 9.17) is 5.26 Å². The first-order chi connectivity index (χ1) is 3.81. The Bertz CT molecular complexity index is 86.9. The lowest BCUT2D eigenvalue weighted by Crippen LogP contribution is -2.23. The summed E-state index contributed by atoms with van der Waals surface area (Å²) in [5, 5.41) is 8.12. The second kappa shape index (κ2) is 4.57. The second-order valence-electron chi connectivity index (χ2n) is 1.59. The standard InChI is InChI=1S/C5H10N2O/c1-5(3-4-6)7-8-2/h5,7H,3H2,1-2H3. The monoisotopic (exact) mass is 114 g/mol. The summed E-state index contributed by atoms with van der Waals surface area (Å²) >= 11 is 0. The molecule has 8 heavy (non-hydrogen) atoms. The van der Waals surface area contributed by atoms with E-state index < -0.39 is 0 Å². The Morgan fingerprint density at radius 3 is 2.88 bits per heavy atom. The van der Waals surface area contributed by atoms with Crippen LogP contribution in [0.1, 0.15) is 13.3 Å². The molecule has 0 aromatic carbocycles. The highest BCUT2D eigenvalue weighted by atomic mass is 16.6. The van der Waals surface area contributed by atoms with Gasteiger partial charge in [0.1, 0.15) is 0 Å². The molecule has 0 fully saturated rings. The molecule has 46 valence electrons. The van der Waals surface area contributed by atoms with E-state index in [9.17, 15) is 0 Å². The van der Waals surface area contributed by atoms with Crippen LogP contribution in [0.5, 0.6) is 0 Å². The van der Waals surface area contributed by atoms with E-state index in [1.54, 1.807) is 0 Å². The molecular weight excluding hydrogens is 104 g/mol. The van der Waals surface area contributed by atoms with Crippen LogP contribution in [0.2, 0.25) is 0 Å². The van der Waals surface area contributed by atoms with Crippen molar-refractivity contribution in [2.75, 3.05) is 7.11 Å². The normalized spacial score (nSPS) is 12.6. The van der Waals surface area contributed by atoms with Crippen LogP contribution in [0, 0.1) is 11.3 Å². The molecular formula is C5H10N2O. The van der Waals surface area contributed by atoms with Crippen molar-refractivity contribution >= 4 is 0 Å². The Balaban J connectivity index is 3.08. The van der Waals surface area contributed by atoms with E-state index in [-0.39, 0.29) is 6.04 Å². The van der Waals surface area contributed by atoms with Crippen molar-refractivity contribution in [3.8, 4) is 6.07 Å². The molecule has 0 aromatic rings. The van der Waals surface area contributed by atoms with Crippen molar-refractivity contribution in [2.45, 2.75) is 19.4 Å². The smallest absolute Gasteiger partial charge is 0.0638 e. The molecule has 1 N–H and O–H groups in total. The molecule has 0 bridgehead atoms. The Kier molecular flexibility index (Phi) is 4.23. The minimum absolute atomic E-state index is 0.130. The quantitative estimate of drug-likeness (QED) is 0.541. The van der Waals surface area contributed by atoms with Crippen molar-refractivity contribution < 1.29 is 4.84 Å². The Morgan fingerprint density at radius 2 is 2.50 bits per heavy atom. The Hall–Kier alpha value is -0.590. The fourth-order valence-electron chi connectivity index (χ4n) is 0.380. The van der Waals surface area contributed by atoms with Gasteiger partial charge in [-0.25, -0.2) is 0 Å². The van der Waals surface area contributed by atoms with E-state index in [2.05, 4.69) is 10.3 Å². The predicted octanol–water partition coefficient (Wildman–Crippen LogP) is 0.440. The summed E-state index contributed by atoms with van der Waals surface area (Å²) in [6, 6.07) is 2.14. The molecule has 0 aliphatic heterocycles. The van der Waals surface area contributed by atoms with E-state index in [1.807, 2.05) is 13.0 Å². The maximum atomic E-state index is 8.12. The molecule has 3 heteroatoms. The number of hydrogen-bond donors (Lipinski definition) is 1. The molecule has 0 radical (unpaired) electrons. The van der Waals surface area contributed by atoms with E-state index >= 15 is 0 Å². The van der Waals surface area contributed by atoms with Gasteiger partial charge in [0.15, 0.2) is 0 Å². The van der Waals surface area contributed by atoms with Crippen LogP contribution in [0.4, 0.5) is 0 Å². The van der Waals surface area contributed by atoms with Crippen molar-refractivity contribution in [2.24, 2.45) is 0 Å². The zero-order valence-corrected chi connectivity index (χ0v) is 5.14. The van der Waals surface area contributed by atoms with Crippen molar-refractivity contribution in [3.05, 3.63) is 0 Å². The summed E-state index contributed by atoms with van der Waals surface area (Å²) in [6.45, 7) is 1.88. The summed E-state index contributed by atoms with van der Waals surface area (Å²) in [6.07, 6.45) is 0.480. The Morgan fingerprint density at radius 1 is 1.88 bits per heavy atom. The molecule has 0 aliphatic rings. The van der Waals surface area contributed by atoms with Gasteiger partial charge in [0.25, 0.3) is 0 Å². The van der Waals surface area contributed by atoms with Crippen LogP contribution in [-0.2, 0) is 4.84 Å². The topological polar surface area (TPSA) is 45.0 Å². The summed E-state index contributed by atoms with van der Waals surface area (Å²) < 4.78 is 0. The Labute approximate surface area is 49.2 Å². The lowest BCUT2D eigenvalue weighted by molar-refractivity contribution is 0.0673. The van der Waals surface area contributed by atoms with Gasteiger partial charge in [0, 0.05) is 6.04 Å². The van der Waals surface area contributed by atoms with Gasteiger partial charge in [-0.05, 0) is 6.92 Å². The SMILES string of the molecule is CONC(C)CC#N. The van der Waals surface area contributed by atoms with E-state index in [0.717, 1.165) is 0 Å². The molecule has 0 aliphatic carbocycles. The van der Waals surface area contributed by atoms with Crippen LogP contribution >= 0.6 is 0 Å². The molecule has 0 amide bonds. The van der Waals surface area contributed by atoms with Crippen molar-refractivity contribution in [3.63, 3.8) is 0 Å². The maximum absolute atomic E-state index is 8.12. The lowest BCUT2D eigenvalue weighted by atomic mass is 10.3. The highest BCUT2D eigenvalue weighted by molar-refractivity contribution is 4.74. The first kappa shape index (κ1) is 7.41. The van der Waals surface area contributed by atoms with Crippen LogP contribution in [0.15, 0.2) is 0 Å². The number of rotatable bonds is 3. The van der Waals surface area contributed by atoms with Crippen LogP contribution in [0.25, 0.3) is 0 Å². The van der Waals surface area contributed by atoms with Gasteiger partial charge in [0.2, 0.25) is 0 Å². The molecule has 0 rings (SSSR count). The number of nitrogens with one attached hydrogen (secondary N) is 1. The molecule has 0 saturated carbocycles. The van der Waals surface area contributed by atoms with Gasteiger partial charge in [-0.1, -0.05) is 0 Å². The van der Waals surface area contributed by atoms with Gasteiger partial charge >= 0.3 is 0 Å². The molecule has 0 heterocycles. The van der Waals surface area contributed by atoms with Crippen molar-refractivity contribution in [1.82, 2.24) is 5.48 Å². The molecule has 1 unspecified atom stereocenters. The average molecular weight is 114 g/mol. The van der Waals surface area contributed by atoms with Crippen LogP contribution in [0.3, 0.4) is 0 Å². The van der Waals surface area contributed by atoms with Gasteiger partial charge in [-0.3, -0.25) is 0 Å².